The van der Waals surface area contributed by atoms with Crippen molar-refractivity contribution < 1.29 is 14.3 Å². The quantitative estimate of drug-likeness (QED) is 0.597. The van der Waals surface area contributed by atoms with Gasteiger partial charge in [-0.2, -0.15) is 0 Å². The van der Waals surface area contributed by atoms with Gasteiger partial charge in [-0.25, -0.2) is 0 Å². The standard InChI is InChI=1S/C26H37NO3Si/c1-5-6-17-27-19-21(18-24(27)25(28)29)20-30-31(26(2,3)4,22-13-9-7-10-14-22)23-15-11-8-12-16-23/h7-16,21,24H,5-6,17-20H2,1-4H3,(H,28,29). The molecule has 3 rings (SSSR count). The maximum absolute atomic E-state index is 11.9. The summed E-state index contributed by atoms with van der Waals surface area (Å²) in [6.45, 7) is 11.2. The SMILES string of the molecule is CCCCN1CC(CO[Si](c2ccccc2)(c2ccccc2)C(C)(C)C)CC1C(=O)O. The van der Waals surface area contributed by atoms with Gasteiger partial charge in [-0.1, -0.05) is 94.8 Å². The van der Waals surface area contributed by atoms with E-state index < -0.39 is 14.3 Å². The molecule has 168 valence electrons. The molecule has 1 fully saturated rings. The lowest BCUT2D eigenvalue weighted by atomic mass is 10.1. The van der Waals surface area contributed by atoms with E-state index in [0.29, 0.717) is 13.0 Å². The van der Waals surface area contributed by atoms with Crippen LogP contribution in [0.3, 0.4) is 0 Å². The minimum atomic E-state index is -2.58. The van der Waals surface area contributed by atoms with E-state index in [1.807, 2.05) is 0 Å². The molecule has 0 aliphatic carbocycles. The minimum Gasteiger partial charge on any atom is -0.480 e. The largest absolute Gasteiger partial charge is 0.480 e. The zero-order valence-corrected chi connectivity index (χ0v) is 20.4. The number of hydrogen-bond acceptors (Lipinski definition) is 3. The molecule has 5 heteroatoms. The molecule has 2 unspecified atom stereocenters. The van der Waals surface area contributed by atoms with Crippen molar-refractivity contribution in [3.63, 3.8) is 0 Å². The van der Waals surface area contributed by atoms with Crippen molar-refractivity contribution in [2.75, 3.05) is 19.7 Å². The number of carboxylic acids is 1. The van der Waals surface area contributed by atoms with Gasteiger partial charge >= 0.3 is 5.97 Å². The van der Waals surface area contributed by atoms with Gasteiger partial charge in [0, 0.05) is 13.2 Å². The number of hydrogen-bond donors (Lipinski definition) is 1. The van der Waals surface area contributed by atoms with Gasteiger partial charge in [0.15, 0.2) is 0 Å². The molecule has 31 heavy (non-hydrogen) atoms. The van der Waals surface area contributed by atoms with Gasteiger partial charge in [-0.15, -0.1) is 0 Å². The second-order valence-corrected chi connectivity index (χ2v) is 14.1. The number of nitrogens with zero attached hydrogens (tertiary/aromatic N) is 1. The van der Waals surface area contributed by atoms with Crippen molar-refractivity contribution in [2.45, 2.75) is 58.0 Å². The van der Waals surface area contributed by atoms with E-state index in [2.05, 4.69) is 93.3 Å². The van der Waals surface area contributed by atoms with Crippen LogP contribution in [0.5, 0.6) is 0 Å². The first-order valence-electron chi connectivity index (χ1n) is 11.5. The Morgan fingerprint density at radius 1 is 1.06 bits per heavy atom. The molecule has 1 N–H and O–H groups in total. The third-order valence-electron chi connectivity index (χ3n) is 6.53. The predicted octanol–water partition coefficient (Wildman–Crippen LogP) is 4.14. The Kier molecular flexibility index (Phi) is 7.73. The summed E-state index contributed by atoms with van der Waals surface area (Å²) in [5, 5.41) is 12.2. The van der Waals surface area contributed by atoms with Gasteiger partial charge in [0.05, 0.1) is 0 Å². The number of unbranched alkanes of at least 4 members (excludes halogenated alkanes) is 1. The third kappa shape index (κ3) is 5.11. The lowest BCUT2D eigenvalue weighted by Gasteiger charge is -2.43. The molecule has 4 nitrogen and oxygen atoms in total. The van der Waals surface area contributed by atoms with Gasteiger partial charge in [0.25, 0.3) is 8.32 Å². The molecule has 2 aromatic rings. The Balaban J connectivity index is 1.91. The number of carboxylic acid groups (broad SMARTS) is 1. The first-order valence-corrected chi connectivity index (χ1v) is 13.4. The molecule has 0 saturated carbocycles. The van der Waals surface area contributed by atoms with Crippen molar-refractivity contribution in [3.05, 3.63) is 60.7 Å². The van der Waals surface area contributed by atoms with Crippen molar-refractivity contribution in [2.24, 2.45) is 5.92 Å². The summed E-state index contributed by atoms with van der Waals surface area (Å²) in [6.07, 6.45) is 2.77. The molecule has 2 atom stereocenters. The van der Waals surface area contributed by atoms with Gasteiger partial charge in [-0.3, -0.25) is 9.69 Å². The summed E-state index contributed by atoms with van der Waals surface area (Å²) in [5.41, 5.74) is 0. The Hall–Kier alpha value is -1.95. The first kappa shape index (κ1) is 23.7. The smallest absolute Gasteiger partial charge is 0.320 e. The van der Waals surface area contributed by atoms with E-state index in [4.69, 9.17) is 4.43 Å². The zero-order valence-electron chi connectivity index (χ0n) is 19.4. The fourth-order valence-electron chi connectivity index (χ4n) is 4.99. The average Bonchev–Trinajstić information content (AvgIpc) is 3.17. The fourth-order valence-corrected chi connectivity index (χ4v) is 9.63. The van der Waals surface area contributed by atoms with Gasteiger partial charge < -0.3 is 9.53 Å². The summed E-state index contributed by atoms with van der Waals surface area (Å²) < 4.78 is 7.05. The van der Waals surface area contributed by atoms with Crippen LogP contribution in [0.2, 0.25) is 5.04 Å². The third-order valence-corrected chi connectivity index (χ3v) is 11.5. The van der Waals surface area contributed by atoms with E-state index in [1.54, 1.807) is 0 Å². The fraction of sp³-hybridized carbons (Fsp3) is 0.500. The molecule has 0 spiro atoms. The second kappa shape index (κ2) is 10.1. The molecule has 1 aliphatic rings. The van der Waals surface area contributed by atoms with Crippen LogP contribution in [0.15, 0.2) is 60.7 Å². The van der Waals surface area contributed by atoms with Gasteiger partial charge in [0.1, 0.15) is 6.04 Å². The molecule has 0 aromatic heterocycles. The van der Waals surface area contributed by atoms with Gasteiger partial charge in [-0.05, 0) is 40.7 Å². The van der Waals surface area contributed by atoms with Crippen LogP contribution in [0.1, 0.15) is 47.0 Å². The summed E-state index contributed by atoms with van der Waals surface area (Å²) >= 11 is 0. The molecular weight excluding hydrogens is 402 g/mol. The van der Waals surface area contributed by atoms with Crippen LogP contribution in [0, 0.1) is 5.92 Å². The number of aliphatic carboxylic acids is 1. The summed E-state index contributed by atoms with van der Waals surface area (Å²) in [4.78, 5) is 14.0. The van der Waals surface area contributed by atoms with Crippen molar-refractivity contribution in [1.29, 1.82) is 0 Å². The molecule has 0 amide bonds. The average molecular weight is 440 g/mol. The Morgan fingerprint density at radius 2 is 1.61 bits per heavy atom. The number of likely N-dealkylation sites (tertiary alicyclic amines) is 1. The highest BCUT2D eigenvalue weighted by molar-refractivity contribution is 6.99. The van der Waals surface area contributed by atoms with Crippen LogP contribution < -0.4 is 10.4 Å². The van der Waals surface area contributed by atoms with Crippen LogP contribution in [0.4, 0.5) is 0 Å². The van der Waals surface area contributed by atoms with Crippen LogP contribution in [0.25, 0.3) is 0 Å². The maximum atomic E-state index is 11.9. The van der Waals surface area contributed by atoms with E-state index in [9.17, 15) is 9.90 Å². The maximum Gasteiger partial charge on any atom is 0.320 e. The lowest BCUT2D eigenvalue weighted by Crippen LogP contribution is -2.67. The molecule has 1 aliphatic heterocycles. The van der Waals surface area contributed by atoms with Crippen LogP contribution in [-0.4, -0.2) is 50.0 Å². The number of benzene rings is 2. The molecule has 1 heterocycles. The number of rotatable bonds is 9. The van der Waals surface area contributed by atoms with E-state index >= 15 is 0 Å². The van der Waals surface area contributed by atoms with E-state index in [0.717, 1.165) is 25.9 Å². The van der Waals surface area contributed by atoms with Crippen molar-refractivity contribution in [3.8, 4) is 0 Å². The first-order chi connectivity index (χ1) is 14.8. The topological polar surface area (TPSA) is 49.8 Å². The van der Waals surface area contributed by atoms with Crippen LogP contribution >= 0.6 is 0 Å². The Bertz CT molecular complexity index is 795. The van der Waals surface area contributed by atoms with E-state index in [1.165, 1.54) is 10.4 Å². The molecule has 1 saturated heterocycles. The normalized spacial score (nSPS) is 20.1. The Morgan fingerprint density at radius 3 is 2.06 bits per heavy atom. The highest BCUT2D eigenvalue weighted by Crippen LogP contribution is 2.37. The summed E-state index contributed by atoms with van der Waals surface area (Å²) in [7, 11) is -2.58. The van der Waals surface area contributed by atoms with Gasteiger partial charge in [0.2, 0.25) is 0 Å². The monoisotopic (exact) mass is 439 g/mol. The highest BCUT2D eigenvalue weighted by Gasteiger charge is 2.51. The predicted molar refractivity (Wildman–Crippen MR) is 130 cm³/mol. The zero-order chi connectivity index (χ0) is 22.5. The molecule has 0 radical (unpaired) electrons. The van der Waals surface area contributed by atoms with Crippen LogP contribution in [-0.2, 0) is 9.22 Å². The molecule has 2 aromatic carbocycles. The van der Waals surface area contributed by atoms with Crippen molar-refractivity contribution in [1.82, 2.24) is 4.90 Å². The molecule has 0 bridgehead atoms. The minimum absolute atomic E-state index is 0.0671. The number of carbonyl (C=O) groups is 1. The Labute approximate surface area is 188 Å². The second-order valence-electron chi connectivity index (χ2n) is 9.78. The molecular formula is C26H37NO3Si. The summed E-state index contributed by atoms with van der Waals surface area (Å²) in [6, 6.07) is 20.9. The highest BCUT2D eigenvalue weighted by atomic mass is 28.4. The summed E-state index contributed by atoms with van der Waals surface area (Å²) in [5.74, 6) is -0.469. The van der Waals surface area contributed by atoms with E-state index in [-0.39, 0.29) is 17.0 Å². The van der Waals surface area contributed by atoms with Crippen molar-refractivity contribution >= 4 is 24.7 Å². The lowest BCUT2D eigenvalue weighted by molar-refractivity contribution is -0.142.